The van der Waals surface area contributed by atoms with Crippen molar-refractivity contribution >= 4 is 16.7 Å². The van der Waals surface area contributed by atoms with Crippen molar-refractivity contribution in [2.24, 2.45) is 0 Å². The van der Waals surface area contributed by atoms with Gasteiger partial charge in [-0.25, -0.2) is 0 Å². The van der Waals surface area contributed by atoms with Gasteiger partial charge in [-0.3, -0.25) is 14.8 Å². The van der Waals surface area contributed by atoms with Crippen LogP contribution in [0.2, 0.25) is 0 Å². The topological polar surface area (TPSA) is 63.1 Å². The minimum atomic E-state index is -4.56. The van der Waals surface area contributed by atoms with Crippen molar-refractivity contribution in [3.8, 4) is 0 Å². The van der Waals surface area contributed by atoms with Crippen molar-refractivity contribution in [2.75, 3.05) is 18.1 Å². The molecule has 2 heterocycles. The van der Waals surface area contributed by atoms with E-state index in [1.165, 1.54) is 4.79 Å². The molecule has 172 valence electrons. The van der Waals surface area contributed by atoms with E-state index in [4.69, 9.17) is 0 Å². The van der Waals surface area contributed by atoms with E-state index in [0.717, 1.165) is 35.2 Å². The number of fused-ring (bicyclic) bond motifs is 1. The minimum Gasteiger partial charge on any atom is -0.350 e. The van der Waals surface area contributed by atoms with Crippen LogP contribution in [0.1, 0.15) is 56.5 Å². The number of halogens is 3. The normalized spacial score (nSPS) is 12.7. The zero-order valence-electron chi connectivity index (χ0n) is 18.5. The van der Waals surface area contributed by atoms with Gasteiger partial charge < -0.3 is 5.32 Å². The Kier molecular flexibility index (Phi) is 7.37. The molecule has 3 rings (SSSR count). The number of rotatable bonds is 9. The number of aromatic nitrogens is 3. The highest BCUT2D eigenvalue weighted by Gasteiger charge is 2.35. The Morgan fingerprint density at radius 3 is 2.56 bits per heavy atom. The van der Waals surface area contributed by atoms with E-state index in [2.05, 4.69) is 15.4 Å². The molecule has 6 nitrogen and oxygen atoms in total. The van der Waals surface area contributed by atoms with E-state index in [1.807, 2.05) is 38.1 Å². The van der Waals surface area contributed by atoms with Crippen molar-refractivity contribution in [2.45, 2.75) is 52.3 Å². The van der Waals surface area contributed by atoms with Crippen molar-refractivity contribution < 1.29 is 18.0 Å². The van der Waals surface area contributed by atoms with Crippen LogP contribution in [0, 0.1) is 0 Å². The molecule has 0 saturated heterocycles. The molecule has 0 aliphatic carbocycles. The molecule has 0 saturated carbocycles. The van der Waals surface area contributed by atoms with Gasteiger partial charge >= 0.3 is 6.18 Å². The zero-order valence-corrected chi connectivity index (χ0v) is 18.5. The lowest BCUT2D eigenvalue weighted by Crippen LogP contribution is -2.39. The molecule has 9 heteroatoms. The van der Waals surface area contributed by atoms with Gasteiger partial charge in [0.1, 0.15) is 0 Å². The molecule has 1 N–H and O–H groups in total. The third-order valence-electron chi connectivity index (χ3n) is 5.30. The first-order valence-electron chi connectivity index (χ1n) is 10.8. The van der Waals surface area contributed by atoms with Crippen LogP contribution in [-0.4, -0.2) is 33.9 Å². The SMILES string of the molecule is CCCN(CCC)n1nc(C(F)(F)F)cc1CNC(=O)C(C)c1cccc2cnccc12. The first-order valence-corrected chi connectivity index (χ1v) is 10.8. The van der Waals surface area contributed by atoms with Gasteiger partial charge in [0, 0.05) is 30.9 Å². The van der Waals surface area contributed by atoms with Crippen LogP contribution in [0.5, 0.6) is 0 Å². The molecule has 0 fully saturated rings. The average Bonchev–Trinajstić information content (AvgIpc) is 3.21. The molecular weight excluding hydrogens is 419 g/mol. The summed E-state index contributed by atoms with van der Waals surface area (Å²) in [6, 6.07) is 8.52. The first-order chi connectivity index (χ1) is 15.3. The summed E-state index contributed by atoms with van der Waals surface area (Å²) in [5.74, 6) is -0.755. The first kappa shape index (κ1) is 23.6. The van der Waals surface area contributed by atoms with E-state index < -0.39 is 17.8 Å². The fraction of sp³-hybridized carbons (Fsp3) is 0.435. The number of pyridine rings is 1. The second-order valence-electron chi connectivity index (χ2n) is 7.75. The van der Waals surface area contributed by atoms with Gasteiger partial charge in [-0.05, 0) is 42.8 Å². The number of nitrogens with zero attached hydrogens (tertiary/aromatic N) is 4. The van der Waals surface area contributed by atoms with E-state index in [0.29, 0.717) is 18.8 Å². The molecule has 32 heavy (non-hydrogen) atoms. The molecule has 0 radical (unpaired) electrons. The number of amides is 1. The molecular formula is C23H28F3N5O. The summed E-state index contributed by atoms with van der Waals surface area (Å²) >= 11 is 0. The Labute approximate surface area is 185 Å². The van der Waals surface area contributed by atoms with E-state index in [1.54, 1.807) is 24.3 Å². The number of alkyl halides is 3. The lowest BCUT2D eigenvalue weighted by Gasteiger charge is -2.25. The van der Waals surface area contributed by atoms with Gasteiger partial charge in [-0.2, -0.15) is 18.0 Å². The lowest BCUT2D eigenvalue weighted by atomic mass is 9.95. The Hall–Kier alpha value is -3.10. The summed E-state index contributed by atoms with van der Waals surface area (Å²) in [4.78, 5) is 18.3. The minimum absolute atomic E-state index is 0.0531. The molecule has 2 aromatic heterocycles. The maximum atomic E-state index is 13.3. The predicted octanol–water partition coefficient (Wildman–Crippen LogP) is 4.63. The second kappa shape index (κ2) is 10.0. The summed E-state index contributed by atoms with van der Waals surface area (Å²) in [7, 11) is 0. The molecule has 1 amide bonds. The van der Waals surface area contributed by atoms with Gasteiger partial charge in [0.25, 0.3) is 0 Å². The zero-order chi connectivity index (χ0) is 23.3. The summed E-state index contributed by atoms with van der Waals surface area (Å²) in [5, 5.41) is 10.2. The molecule has 1 atom stereocenters. The Morgan fingerprint density at radius 2 is 1.91 bits per heavy atom. The number of hydrogen-bond donors (Lipinski definition) is 1. The maximum absolute atomic E-state index is 13.3. The van der Waals surface area contributed by atoms with Crippen LogP contribution in [0.3, 0.4) is 0 Å². The van der Waals surface area contributed by atoms with Crippen molar-refractivity contribution in [1.82, 2.24) is 20.2 Å². The summed E-state index contributed by atoms with van der Waals surface area (Å²) < 4.78 is 40.0. The fourth-order valence-electron chi connectivity index (χ4n) is 3.73. The number of hydrogen-bond acceptors (Lipinski definition) is 4. The van der Waals surface area contributed by atoms with Crippen molar-refractivity contribution in [3.05, 3.63) is 59.7 Å². The Balaban J connectivity index is 1.83. The van der Waals surface area contributed by atoms with Gasteiger partial charge in [0.05, 0.1) is 18.2 Å². The number of carbonyl (C=O) groups excluding carboxylic acids is 1. The molecule has 3 aromatic rings. The predicted molar refractivity (Wildman–Crippen MR) is 118 cm³/mol. The molecule has 0 aliphatic heterocycles. The number of benzene rings is 1. The summed E-state index contributed by atoms with van der Waals surface area (Å²) in [6.07, 6.45) is 0.374. The highest BCUT2D eigenvalue weighted by Crippen LogP contribution is 2.29. The van der Waals surface area contributed by atoms with Crippen LogP contribution < -0.4 is 10.3 Å². The van der Waals surface area contributed by atoms with Crippen molar-refractivity contribution in [3.63, 3.8) is 0 Å². The monoisotopic (exact) mass is 447 g/mol. The van der Waals surface area contributed by atoms with Crippen LogP contribution in [0.15, 0.2) is 42.7 Å². The number of carbonyl (C=O) groups is 1. The van der Waals surface area contributed by atoms with Crippen LogP contribution in [0.25, 0.3) is 10.8 Å². The largest absolute Gasteiger partial charge is 0.435 e. The van der Waals surface area contributed by atoms with Crippen LogP contribution in [-0.2, 0) is 17.5 Å². The Bertz CT molecular complexity index is 1050. The molecule has 1 aromatic carbocycles. The molecule has 0 spiro atoms. The summed E-state index contributed by atoms with van der Waals surface area (Å²) in [6.45, 7) is 6.77. The van der Waals surface area contributed by atoms with Crippen LogP contribution >= 0.6 is 0 Å². The van der Waals surface area contributed by atoms with Gasteiger partial charge in [-0.15, -0.1) is 5.10 Å². The third kappa shape index (κ3) is 5.20. The lowest BCUT2D eigenvalue weighted by molar-refractivity contribution is -0.141. The second-order valence-corrected chi connectivity index (χ2v) is 7.75. The quantitative estimate of drug-likeness (QED) is 0.520. The van der Waals surface area contributed by atoms with Gasteiger partial charge in [0.2, 0.25) is 5.91 Å². The molecule has 0 aliphatic rings. The average molecular weight is 448 g/mol. The smallest absolute Gasteiger partial charge is 0.350 e. The number of nitrogens with one attached hydrogen (secondary N) is 1. The fourth-order valence-corrected chi connectivity index (χ4v) is 3.73. The third-order valence-corrected chi connectivity index (χ3v) is 5.30. The maximum Gasteiger partial charge on any atom is 0.435 e. The van der Waals surface area contributed by atoms with Gasteiger partial charge in [0.15, 0.2) is 5.69 Å². The van der Waals surface area contributed by atoms with Gasteiger partial charge in [-0.1, -0.05) is 32.0 Å². The highest BCUT2D eigenvalue weighted by molar-refractivity contribution is 5.92. The van der Waals surface area contributed by atoms with Crippen molar-refractivity contribution in [1.29, 1.82) is 0 Å². The van der Waals surface area contributed by atoms with Crippen LogP contribution in [0.4, 0.5) is 13.2 Å². The van der Waals surface area contributed by atoms with E-state index >= 15 is 0 Å². The standard InChI is InChI=1S/C23H28F3N5O/c1-4-11-30(12-5-2)31-18(13-21(29-31)23(24,25)26)15-28-22(32)16(3)19-8-6-7-17-14-27-10-9-20(17)19/h6-10,13-14,16H,4-5,11-12,15H2,1-3H3,(H,28,32). The summed E-state index contributed by atoms with van der Waals surface area (Å²) in [5.41, 5.74) is 0.168. The van der Waals surface area contributed by atoms with E-state index in [9.17, 15) is 18.0 Å². The molecule has 1 unspecified atom stereocenters. The molecule has 0 bridgehead atoms. The highest BCUT2D eigenvalue weighted by atomic mass is 19.4. The Morgan fingerprint density at radius 1 is 1.19 bits per heavy atom. The van der Waals surface area contributed by atoms with E-state index in [-0.39, 0.29) is 12.5 Å².